The molecule has 2 aromatic carbocycles. The summed E-state index contributed by atoms with van der Waals surface area (Å²) in [5, 5.41) is 14.8. The Hall–Kier alpha value is -3.00. The third-order valence-corrected chi connectivity index (χ3v) is 4.59. The minimum Gasteiger partial charge on any atom is -0.493 e. The Bertz CT molecular complexity index is 795. The molecule has 0 saturated heterocycles. The smallest absolute Gasteiger partial charge is 0.315 e. The lowest BCUT2D eigenvalue weighted by Gasteiger charge is -2.22. The van der Waals surface area contributed by atoms with Gasteiger partial charge in [0.2, 0.25) is 0 Å². The highest BCUT2D eigenvalue weighted by Gasteiger charge is 2.29. The number of nitriles is 1. The van der Waals surface area contributed by atoms with Crippen molar-refractivity contribution >= 4 is 6.03 Å². The maximum Gasteiger partial charge on any atom is 0.315 e. The number of nitrogens with zero attached hydrogens (tertiary/aromatic N) is 1. The van der Waals surface area contributed by atoms with E-state index < -0.39 is 0 Å². The molecule has 0 bridgehead atoms. The summed E-state index contributed by atoms with van der Waals surface area (Å²) in [5.74, 6) is 1.04. The zero-order valence-corrected chi connectivity index (χ0v) is 14.3. The van der Waals surface area contributed by atoms with Crippen molar-refractivity contribution in [3.8, 4) is 11.8 Å². The maximum atomic E-state index is 12.3. The van der Waals surface area contributed by atoms with Crippen molar-refractivity contribution in [2.75, 3.05) is 6.61 Å². The normalized spacial score (nSPS) is 17.6. The monoisotopic (exact) mass is 335 g/mol. The molecule has 2 amide bonds. The molecule has 5 nitrogen and oxygen atoms in total. The molecule has 0 aromatic heterocycles. The Morgan fingerprint density at radius 3 is 2.60 bits per heavy atom. The molecule has 25 heavy (non-hydrogen) atoms. The minimum atomic E-state index is -0.214. The Morgan fingerprint density at radius 2 is 1.88 bits per heavy atom. The van der Waals surface area contributed by atoms with Crippen LogP contribution in [0.1, 0.15) is 42.5 Å². The van der Waals surface area contributed by atoms with E-state index in [1.807, 2.05) is 50.2 Å². The summed E-state index contributed by atoms with van der Waals surface area (Å²) in [5.41, 5.74) is 2.70. The van der Waals surface area contributed by atoms with E-state index in [2.05, 4.69) is 16.7 Å². The molecule has 0 unspecified atom stereocenters. The molecule has 0 fully saturated rings. The van der Waals surface area contributed by atoms with Gasteiger partial charge >= 0.3 is 6.03 Å². The zero-order valence-electron chi connectivity index (χ0n) is 14.3. The number of rotatable bonds is 4. The predicted octanol–water partition coefficient (Wildman–Crippen LogP) is 3.48. The summed E-state index contributed by atoms with van der Waals surface area (Å²) in [7, 11) is 0. The molecule has 128 valence electrons. The number of hydrogen-bond donors (Lipinski definition) is 2. The molecule has 3 rings (SSSR count). The summed E-state index contributed by atoms with van der Waals surface area (Å²) >= 11 is 0. The first kappa shape index (κ1) is 16.8. The standard InChI is InChI=1S/C20H21N3O2/c1-13(16-9-7-15(11-21)8-10-16)22-20(24)23-14(2)18-12-25-19-6-4-3-5-17(18)19/h3-10,13-14,18H,12H2,1-2H3,(H2,22,23,24)/t13-,14-,18-/m0/s1. The summed E-state index contributed by atoms with van der Waals surface area (Å²) in [6.45, 7) is 4.48. The van der Waals surface area contributed by atoms with Gasteiger partial charge in [0.05, 0.1) is 24.3 Å². The molecular formula is C20H21N3O2. The number of carbonyl (C=O) groups excluding carboxylic acids is 1. The number of amides is 2. The predicted molar refractivity (Wildman–Crippen MR) is 95.4 cm³/mol. The third-order valence-electron chi connectivity index (χ3n) is 4.59. The van der Waals surface area contributed by atoms with E-state index in [0.29, 0.717) is 12.2 Å². The molecule has 0 aliphatic carbocycles. The highest BCUT2D eigenvalue weighted by atomic mass is 16.5. The Kier molecular flexibility index (Phi) is 4.90. The van der Waals surface area contributed by atoms with Gasteiger partial charge in [-0.2, -0.15) is 5.26 Å². The highest BCUT2D eigenvalue weighted by Crippen LogP contribution is 2.35. The topological polar surface area (TPSA) is 74.2 Å². The molecule has 1 aliphatic heterocycles. The number of nitrogens with one attached hydrogen (secondary N) is 2. The van der Waals surface area contributed by atoms with Crippen LogP contribution in [-0.2, 0) is 0 Å². The summed E-state index contributed by atoms with van der Waals surface area (Å²) in [6.07, 6.45) is 0. The lowest BCUT2D eigenvalue weighted by Crippen LogP contribution is -2.44. The Labute approximate surface area is 147 Å². The van der Waals surface area contributed by atoms with Crippen LogP contribution in [0.5, 0.6) is 5.75 Å². The quantitative estimate of drug-likeness (QED) is 0.898. The van der Waals surface area contributed by atoms with Crippen molar-refractivity contribution in [3.63, 3.8) is 0 Å². The van der Waals surface area contributed by atoms with Gasteiger partial charge in [-0.25, -0.2) is 4.79 Å². The average Bonchev–Trinajstić information content (AvgIpc) is 3.06. The van der Waals surface area contributed by atoms with Gasteiger partial charge in [0.25, 0.3) is 0 Å². The van der Waals surface area contributed by atoms with E-state index in [1.165, 1.54) is 0 Å². The lowest BCUT2D eigenvalue weighted by molar-refractivity contribution is 0.230. The van der Waals surface area contributed by atoms with Gasteiger partial charge < -0.3 is 15.4 Å². The van der Waals surface area contributed by atoms with Crippen molar-refractivity contribution < 1.29 is 9.53 Å². The molecule has 0 radical (unpaired) electrons. The van der Waals surface area contributed by atoms with Crippen LogP contribution in [-0.4, -0.2) is 18.7 Å². The van der Waals surface area contributed by atoms with Gasteiger partial charge in [-0.15, -0.1) is 0 Å². The first-order valence-electron chi connectivity index (χ1n) is 8.37. The lowest BCUT2D eigenvalue weighted by atomic mass is 9.94. The van der Waals surface area contributed by atoms with Crippen molar-refractivity contribution in [2.45, 2.75) is 31.8 Å². The van der Waals surface area contributed by atoms with E-state index in [9.17, 15) is 4.79 Å². The minimum absolute atomic E-state index is 0.0446. The molecule has 0 spiro atoms. The SMILES string of the molecule is C[C@H](NC(=O)N[C@@H](C)[C@@H]1COc2ccccc21)c1ccc(C#N)cc1. The first-order chi connectivity index (χ1) is 12.1. The molecule has 1 aliphatic rings. The number of ether oxygens (including phenoxy) is 1. The number of para-hydroxylation sites is 1. The van der Waals surface area contributed by atoms with Gasteiger partial charge in [0.15, 0.2) is 0 Å². The van der Waals surface area contributed by atoms with Crippen LogP contribution in [0.25, 0.3) is 0 Å². The van der Waals surface area contributed by atoms with Crippen LogP contribution in [0, 0.1) is 11.3 Å². The van der Waals surface area contributed by atoms with Gasteiger partial charge in [-0.05, 0) is 37.6 Å². The number of benzene rings is 2. The second-order valence-electron chi connectivity index (χ2n) is 6.32. The Balaban J connectivity index is 1.58. The first-order valence-corrected chi connectivity index (χ1v) is 8.37. The number of carbonyl (C=O) groups is 1. The van der Waals surface area contributed by atoms with Crippen LogP contribution in [0.15, 0.2) is 48.5 Å². The van der Waals surface area contributed by atoms with Gasteiger partial charge in [-0.3, -0.25) is 0 Å². The molecule has 2 aromatic rings. The van der Waals surface area contributed by atoms with E-state index in [-0.39, 0.29) is 24.0 Å². The zero-order chi connectivity index (χ0) is 17.8. The van der Waals surface area contributed by atoms with E-state index >= 15 is 0 Å². The van der Waals surface area contributed by atoms with E-state index in [0.717, 1.165) is 16.9 Å². The van der Waals surface area contributed by atoms with Gasteiger partial charge in [0, 0.05) is 17.5 Å². The number of fused-ring (bicyclic) bond motifs is 1. The molecular weight excluding hydrogens is 314 g/mol. The van der Waals surface area contributed by atoms with Crippen LogP contribution in [0.2, 0.25) is 0 Å². The van der Waals surface area contributed by atoms with Crippen LogP contribution in [0.3, 0.4) is 0 Å². The Morgan fingerprint density at radius 1 is 1.16 bits per heavy atom. The third kappa shape index (κ3) is 3.74. The molecule has 1 heterocycles. The molecule has 3 atom stereocenters. The van der Waals surface area contributed by atoms with Crippen LogP contribution < -0.4 is 15.4 Å². The fourth-order valence-electron chi connectivity index (χ4n) is 3.08. The van der Waals surface area contributed by atoms with Gasteiger partial charge in [0.1, 0.15) is 5.75 Å². The second-order valence-corrected chi connectivity index (χ2v) is 6.32. The molecule has 2 N–H and O–H groups in total. The van der Waals surface area contributed by atoms with E-state index in [1.54, 1.807) is 12.1 Å². The van der Waals surface area contributed by atoms with Crippen LogP contribution >= 0.6 is 0 Å². The fraction of sp³-hybridized carbons (Fsp3) is 0.300. The number of hydrogen-bond acceptors (Lipinski definition) is 3. The average molecular weight is 335 g/mol. The molecule has 5 heteroatoms. The fourth-order valence-corrected chi connectivity index (χ4v) is 3.08. The van der Waals surface area contributed by atoms with Crippen molar-refractivity contribution in [3.05, 3.63) is 65.2 Å². The van der Waals surface area contributed by atoms with Crippen molar-refractivity contribution in [1.82, 2.24) is 10.6 Å². The molecule has 0 saturated carbocycles. The van der Waals surface area contributed by atoms with Gasteiger partial charge in [-0.1, -0.05) is 30.3 Å². The van der Waals surface area contributed by atoms with Crippen molar-refractivity contribution in [2.24, 2.45) is 0 Å². The van der Waals surface area contributed by atoms with Crippen molar-refractivity contribution in [1.29, 1.82) is 5.26 Å². The summed E-state index contributed by atoms with van der Waals surface area (Å²) < 4.78 is 5.69. The van der Waals surface area contributed by atoms with Crippen LogP contribution in [0.4, 0.5) is 4.79 Å². The summed E-state index contributed by atoms with van der Waals surface area (Å²) in [6, 6.07) is 16.8. The second kappa shape index (κ2) is 7.27. The summed E-state index contributed by atoms with van der Waals surface area (Å²) in [4.78, 5) is 12.3. The highest BCUT2D eigenvalue weighted by molar-refractivity contribution is 5.75. The van der Waals surface area contributed by atoms with E-state index in [4.69, 9.17) is 10.00 Å². The largest absolute Gasteiger partial charge is 0.493 e. The maximum absolute atomic E-state index is 12.3. The number of urea groups is 1.